The Hall–Kier alpha value is -1.52. The molecule has 1 saturated heterocycles. The normalized spacial score (nSPS) is 20.0. The topological polar surface area (TPSA) is 81.4 Å². The van der Waals surface area contributed by atoms with E-state index < -0.39 is 12.0 Å². The number of carbonyl (C=O) groups is 2. The van der Waals surface area contributed by atoms with E-state index in [2.05, 4.69) is 10.1 Å². The summed E-state index contributed by atoms with van der Waals surface area (Å²) in [6.07, 6.45) is 1.80. The molecule has 1 aliphatic rings. The van der Waals surface area contributed by atoms with E-state index in [4.69, 9.17) is 5.73 Å². The maximum Gasteiger partial charge on any atom is 0.335 e. The highest BCUT2D eigenvalue weighted by Gasteiger charge is 2.18. The van der Waals surface area contributed by atoms with Gasteiger partial charge < -0.3 is 15.8 Å². The summed E-state index contributed by atoms with van der Waals surface area (Å²) in [6.45, 7) is 0.380. The van der Waals surface area contributed by atoms with Crippen molar-refractivity contribution < 1.29 is 14.3 Å². The van der Waals surface area contributed by atoms with E-state index in [9.17, 15) is 9.59 Å². The van der Waals surface area contributed by atoms with Crippen molar-refractivity contribution >= 4 is 12.0 Å². The molecule has 0 atom stereocenters. The highest BCUT2D eigenvalue weighted by atomic mass is 16.5. The first-order valence-corrected chi connectivity index (χ1v) is 3.12. The number of ether oxygens (including phenoxy) is 1. The highest BCUT2D eigenvalue weighted by molar-refractivity contribution is 5.90. The molecule has 1 aliphatic heterocycles. The van der Waals surface area contributed by atoms with Crippen molar-refractivity contribution in [2.75, 3.05) is 6.61 Å². The van der Waals surface area contributed by atoms with Crippen molar-refractivity contribution in [3.63, 3.8) is 0 Å². The molecule has 0 radical (unpaired) electrons. The van der Waals surface area contributed by atoms with E-state index in [1.165, 1.54) is 6.20 Å². The second-order valence-electron chi connectivity index (χ2n) is 2.06. The summed E-state index contributed by atoms with van der Waals surface area (Å²) >= 11 is 0. The fraction of sp³-hybridized carbons (Fsp3) is 0.333. The van der Waals surface area contributed by atoms with Gasteiger partial charge in [-0.2, -0.15) is 0 Å². The Morgan fingerprint density at radius 2 is 2.45 bits per heavy atom. The van der Waals surface area contributed by atoms with Crippen LogP contribution in [0.5, 0.6) is 0 Å². The Kier molecular flexibility index (Phi) is 2.10. The number of rotatable bonds is 1. The third-order valence-electron chi connectivity index (χ3n) is 1.26. The number of amides is 2. The van der Waals surface area contributed by atoms with Crippen LogP contribution in [-0.4, -0.2) is 18.6 Å². The van der Waals surface area contributed by atoms with Gasteiger partial charge in [0.05, 0.1) is 12.2 Å². The lowest BCUT2D eigenvalue weighted by atomic mass is 10.2. The molecule has 0 aromatic carbocycles. The van der Waals surface area contributed by atoms with Crippen molar-refractivity contribution in [3.8, 4) is 0 Å². The van der Waals surface area contributed by atoms with Crippen molar-refractivity contribution in [2.45, 2.75) is 6.42 Å². The molecule has 1 rings (SSSR count). The smallest absolute Gasteiger partial charge is 0.335 e. The molecule has 0 unspecified atom stereocenters. The first-order valence-electron chi connectivity index (χ1n) is 3.12. The van der Waals surface area contributed by atoms with Gasteiger partial charge >= 0.3 is 12.0 Å². The standard InChI is InChI=1S/C6H8N2O3/c7-6(10)8-3-4-1-2-11-5(4)9/h3H,1-2H2,(H3,7,8,10)/b4-3+. The van der Waals surface area contributed by atoms with E-state index in [1.807, 2.05) is 0 Å². The van der Waals surface area contributed by atoms with Crippen LogP contribution in [0.4, 0.5) is 4.79 Å². The maximum atomic E-state index is 10.7. The van der Waals surface area contributed by atoms with Gasteiger partial charge in [-0.3, -0.25) is 0 Å². The SMILES string of the molecule is NC(=O)N/C=C1\CCOC1=O. The minimum absolute atomic E-state index is 0.380. The lowest BCUT2D eigenvalue weighted by Crippen LogP contribution is -2.24. The average Bonchev–Trinajstić information content (AvgIpc) is 2.31. The number of nitrogens with two attached hydrogens (primary N) is 1. The molecule has 0 bridgehead atoms. The van der Waals surface area contributed by atoms with Crippen LogP contribution < -0.4 is 11.1 Å². The lowest BCUT2D eigenvalue weighted by molar-refractivity contribution is -0.135. The number of nitrogens with one attached hydrogen (secondary N) is 1. The maximum absolute atomic E-state index is 10.7. The molecule has 11 heavy (non-hydrogen) atoms. The van der Waals surface area contributed by atoms with Crippen LogP contribution in [0.15, 0.2) is 11.8 Å². The van der Waals surface area contributed by atoms with E-state index in [-0.39, 0.29) is 0 Å². The second kappa shape index (κ2) is 3.05. The molecule has 0 spiro atoms. The molecule has 5 nitrogen and oxygen atoms in total. The van der Waals surface area contributed by atoms with Gasteiger partial charge in [-0.15, -0.1) is 0 Å². The van der Waals surface area contributed by atoms with Crippen LogP contribution in [-0.2, 0) is 9.53 Å². The molecular formula is C6H8N2O3. The first kappa shape index (κ1) is 7.59. The largest absolute Gasteiger partial charge is 0.462 e. The number of primary amides is 1. The Bertz CT molecular complexity index is 222. The van der Waals surface area contributed by atoms with Gasteiger partial charge in [0, 0.05) is 12.6 Å². The summed E-state index contributed by atoms with van der Waals surface area (Å²) in [5, 5.41) is 2.19. The summed E-state index contributed by atoms with van der Waals surface area (Å²) in [6, 6.07) is -0.683. The van der Waals surface area contributed by atoms with Gasteiger partial charge in [-0.05, 0) is 0 Å². The van der Waals surface area contributed by atoms with Gasteiger partial charge in [0.25, 0.3) is 0 Å². The van der Waals surface area contributed by atoms with Crippen LogP contribution in [0.25, 0.3) is 0 Å². The van der Waals surface area contributed by atoms with Crippen LogP contribution in [0, 0.1) is 0 Å². The molecule has 1 fully saturated rings. The monoisotopic (exact) mass is 156 g/mol. The lowest BCUT2D eigenvalue weighted by Gasteiger charge is -1.92. The summed E-state index contributed by atoms with van der Waals surface area (Å²) in [7, 11) is 0. The number of hydrogen-bond acceptors (Lipinski definition) is 3. The molecule has 0 saturated carbocycles. The van der Waals surface area contributed by atoms with Crippen molar-refractivity contribution in [1.29, 1.82) is 0 Å². The Morgan fingerprint density at radius 3 is 2.91 bits per heavy atom. The van der Waals surface area contributed by atoms with Gasteiger partial charge in [-0.1, -0.05) is 0 Å². The average molecular weight is 156 g/mol. The van der Waals surface area contributed by atoms with Crippen molar-refractivity contribution in [2.24, 2.45) is 5.73 Å². The van der Waals surface area contributed by atoms with E-state index in [1.54, 1.807) is 0 Å². The van der Waals surface area contributed by atoms with E-state index in [0.29, 0.717) is 18.6 Å². The zero-order valence-corrected chi connectivity index (χ0v) is 5.79. The van der Waals surface area contributed by atoms with Gasteiger partial charge in [0.2, 0.25) is 0 Å². The fourth-order valence-electron chi connectivity index (χ4n) is 0.738. The minimum Gasteiger partial charge on any atom is -0.462 e. The van der Waals surface area contributed by atoms with Gasteiger partial charge in [0.15, 0.2) is 0 Å². The first-order chi connectivity index (χ1) is 5.20. The van der Waals surface area contributed by atoms with Crippen molar-refractivity contribution in [3.05, 3.63) is 11.8 Å². The zero-order valence-electron chi connectivity index (χ0n) is 5.79. The molecule has 3 N–H and O–H groups in total. The van der Waals surface area contributed by atoms with E-state index in [0.717, 1.165) is 0 Å². The van der Waals surface area contributed by atoms with Crippen LogP contribution >= 0.6 is 0 Å². The number of urea groups is 1. The Labute approximate surface area is 63.2 Å². The second-order valence-corrected chi connectivity index (χ2v) is 2.06. The quantitative estimate of drug-likeness (QED) is 0.396. The third-order valence-corrected chi connectivity index (χ3v) is 1.26. The zero-order chi connectivity index (χ0) is 8.27. The van der Waals surface area contributed by atoms with E-state index >= 15 is 0 Å². The molecule has 0 aromatic heterocycles. The molecule has 0 aromatic rings. The predicted molar refractivity (Wildman–Crippen MR) is 36.4 cm³/mol. The molecule has 60 valence electrons. The number of carbonyl (C=O) groups excluding carboxylic acids is 2. The van der Waals surface area contributed by atoms with Crippen LogP contribution in [0.3, 0.4) is 0 Å². The summed E-state index contributed by atoms with van der Waals surface area (Å²) in [5.41, 5.74) is 5.22. The molecular weight excluding hydrogens is 148 g/mol. The van der Waals surface area contributed by atoms with Crippen LogP contribution in [0.1, 0.15) is 6.42 Å². The molecule has 0 aliphatic carbocycles. The van der Waals surface area contributed by atoms with Crippen LogP contribution in [0.2, 0.25) is 0 Å². The summed E-state index contributed by atoms with van der Waals surface area (Å²) in [5.74, 6) is -0.390. The molecule has 5 heteroatoms. The van der Waals surface area contributed by atoms with Crippen molar-refractivity contribution in [1.82, 2.24) is 5.32 Å². The highest BCUT2D eigenvalue weighted by Crippen LogP contribution is 2.10. The third kappa shape index (κ3) is 1.96. The number of hydrogen-bond donors (Lipinski definition) is 2. The van der Waals surface area contributed by atoms with Gasteiger partial charge in [-0.25, -0.2) is 9.59 Å². The molecule has 2 amide bonds. The molecule has 1 heterocycles. The number of esters is 1. The predicted octanol–water partition coefficient (Wildman–Crippen LogP) is -0.514. The summed E-state index contributed by atoms with van der Waals surface area (Å²) < 4.78 is 4.60. The fourth-order valence-corrected chi connectivity index (χ4v) is 0.738. The Morgan fingerprint density at radius 1 is 1.73 bits per heavy atom. The van der Waals surface area contributed by atoms with Gasteiger partial charge in [0.1, 0.15) is 0 Å². The minimum atomic E-state index is -0.683. The Balaban J connectivity index is 2.52. The number of cyclic esters (lactones) is 1. The summed E-state index contributed by atoms with van der Waals surface area (Å²) in [4.78, 5) is 20.9.